The Morgan fingerprint density at radius 2 is 1.86 bits per heavy atom. The highest BCUT2D eigenvalue weighted by Crippen LogP contribution is 2.52. The Morgan fingerprint density at radius 3 is 2.67 bits per heavy atom. The fraction of sp³-hybridized carbons (Fsp3) is 0.577. The lowest BCUT2D eigenvalue weighted by molar-refractivity contribution is -0.199. The molecule has 1 spiro atoms. The van der Waals surface area contributed by atoms with Crippen LogP contribution in [0.2, 0.25) is 5.28 Å². The van der Waals surface area contributed by atoms with E-state index in [9.17, 15) is 5.11 Å². The summed E-state index contributed by atoms with van der Waals surface area (Å²) in [5.74, 6) is -0.0668. The van der Waals surface area contributed by atoms with Gasteiger partial charge >= 0.3 is 0 Å². The van der Waals surface area contributed by atoms with E-state index in [0.717, 1.165) is 12.2 Å². The number of aliphatic hydroxyl groups is 1. The molecule has 1 aromatic carbocycles. The Bertz CT molecular complexity index is 1320. The van der Waals surface area contributed by atoms with Crippen LogP contribution >= 0.6 is 11.6 Å². The molecule has 1 unspecified atom stereocenters. The number of hydrogen-bond donors (Lipinski definition) is 1. The van der Waals surface area contributed by atoms with Gasteiger partial charge in [0.15, 0.2) is 29.0 Å². The summed E-state index contributed by atoms with van der Waals surface area (Å²) in [5, 5.41) is 10.1. The number of nitrogens with zero attached hydrogens (tertiary/aromatic N) is 5. The van der Waals surface area contributed by atoms with Crippen molar-refractivity contribution < 1.29 is 19.3 Å². The molecular weight excluding hydrogens is 482 g/mol. The third-order valence-corrected chi connectivity index (χ3v) is 8.42. The highest BCUT2D eigenvalue weighted by atomic mass is 35.5. The van der Waals surface area contributed by atoms with E-state index in [2.05, 4.69) is 39.1 Å². The van der Waals surface area contributed by atoms with Gasteiger partial charge in [-0.3, -0.25) is 4.57 Å². The molecule has 7 rings (SSSR count). The summed E-state index contributed by atoms with van der Waals surface area (Å²) in [6, 6.07) is 8.64. The average molecular weight is 512 g/mol. The number of fused-ring (bicyclic) bond motifs is 4. The van der Waals surface area contributed by atoms with Crippen LogP contribution < -0.4 is 4.90 Å². The second-order valence-electron chi connectivity index (χ2n) is 10.9. The lowest BCUT2D eigenvalue weighted by atomic mass is 9.71. The lowest BCUT2D eigenvalue weighted by Crippen LogP contribution is -2.34. The summed E-state index contributed by atoms with van der Waals surface area (Å²) in [6.07, 6.45) is 5.95. The van der Waals surface area contributed by atoms with Gasteiger partial charge < -0.3 is 24.2 Å². The van der Waals surface area contributed by atoms with E-state index in [4.69, 9.17) is 30.8 Å². The maximum atomic E-state index is 9.92. The van der Waals surface area contributed by atoms with Crippen LogP contribution in [0.1, 0.15) is 57.7 Å². The Kier molecular flexibility index (Phi) is 5.14. The molecule has 3 aromatic rings. The molecule has 2 aromatic heterocycles. The molecule has 1 saturated carbocycles. The lowest BCUT2D eigenvalue weighted by Gasteiger charge is -2.34. The number of aliphatic hydroxyl groups excluding tert-OH is 1. The fourth-order valence-corrected chi connectivity index (χ4v) is 6.92. The molecule has 4 atom stereocenters. The zero-order valence-corrected chi connectivity index (χ0v) is 21.2. The topological polar surface area (TPSA) is 94.8 Å². The molecular formula is C26H30ClN5O4. The predicted molar refractivity (Wildman–Crippen MR) is 133 cm³/mol. The van der Waals surface area contributed by atoms with Crippen molar-refractivity contribution >= 4 is 34.3 Å². The monoisotopic (exact) mass is 511 g/mol. The minimum absolute atomic E-state index is 0.123. The van der Waals surface area contributed by atoms with E-state index in [1.54, 1.807) is 6.33 Å². The van der Waals surface area contributed by atoms with E-state index in [-0.39, 0.29) is 23.4 Å². The summed E-state index contributed by atoms with van der Waals surface area (Å²) in [4.78, 5) is 16.3. The quantitative estimate of drug-likeness (QED) is 0.522. The zero-order valence-electron chi connectivity index (χ0n) is 20.4. The van der Waals surface area contributed by atoms with Gasteiger partial charge in [0, 0.05) is 17.6 Å². The number of imidazole rings is 1. The molecule has 10 heteroatoms. The normalized spacial score (nSPS) is 30.3. The Hall–Kier alpha value is -2.30. The van der Waals surface area contributed by atoms with Gasteiger partial charge in [-0.2, -0.15) is 9.97 Å². The highest BCUT2D eigenvalue weighted by Gasteiger charge is 2.56. The number of halogens is 1. The molecule has 0 bridgehead atoms. The summed E-state index contributed by atoms with van der Waals surface area (Å²) < 4.78 is 20.2. The molecule has 2 saturated heterocycles. The smallest absolute Gasteiger partial charge is 0.226 e. The minimum atomic E-state index is -0.771. The Balaban J connectivity index is 1.32. The predicted octanol–water partition coefficient (Wildman–Crippen LogP) is 4.24. The van der Waals surface area contributed by atoms with Crippen LogP contribution in [0.3, 0.4) is 0 Å². The summed E-state index contributed by atoms with van der Waals surface area (Å²) in [6.45, 7) is 4.42. The van der Waals surface area contributed by atoms with Crippen molar-refractivity contribution in [2.75, 3.05) is 18.1 Å². The number of rotatable bonds is 3. The number of hydrogen-bond acceptors (Lipinski definition) is 8. The number of ether oxygens (including phenoxy) is 3. The number of aromatic nitrogens is 4. The van der Waals surface area contributed by atoms with E-state index in [0.29, 0.717) is 17.0 Å². The molecule has 4 aliphatic rings. The van der Waals surface area contributed by atoms with E-state index < -0.39 is 24.2 Å². The van der Waals surface area contributed by atoms with Crippen molar-refractivity contribution in [2.45, 2.75) is 81.7 Å². The average Bonchev–Trinajstić information content (AvgIpc) is 3.59. The fourth-order valence-electron chi connectivity index (χ4n) is 6.76. The number of benzene rings is 1. The van der Waals surface area contributed by atoms with Crippen LogP contribution in [0.25, 0.3) is 11.2 Å². The van der Waals surface area contributed by atoms with Gasteiger partial charge in [-0.25, -0.2) is 4.98 Å². The van der Waals surface area contributed by atoms with Crippen molar-refractivity contribution in [1.82, 2.24) is 19.5 Å². The van der Waals surface area contributed by atoms with E-state index >= 15 is 0 Å². The number of anilines is 2. The second kappa shape index (κ2) is 8.10. The van der Waals surface area contributed by atoms with Gasteiger partial charge in [-0.1, -0.05) is 37.5 Å². The standard InChI is InChI=1S/C26H30ClN5O4/c1-25(2)35-19-17(12-33)34-23(20(19)36-25)32-14-28-18-21(29-24(27)30-22(18)32)31-13-26(10-6-3-7-11-26)15-8-4-5-9-16(15)31/h4-5,8-9,14,17,19-20,23,33H,3,6-7,10-13H2,1-2H3/t17-,19?,20+,23-/m1/s1. The maximum absolute atomic E-state index is 9.92. The van der Waals surface area contributed by atoms with Crippen LogP contribution in [0, 0.1) is 0 Å². The van der Waals surface area contributed by atoms with Crippen LogP contribution in [0.5, 0.6) is 0 Å². The van der Waals surface area contributed by atoms with E-state index in [1.807, 2.05) is 18.4 Å². The highest BCUT2D eigenvalue weighted by molar-refractivity contribution is 6.28. The SMILES string of the molecule is CC1(C)OC2[C@@H](CO)O[C@@H](n3cnc4c(N5CC6(CCCCC6)c6ccccc65)nc(Cl)nc43)[C@H]2O1. The molecule has 9 nitrogen and oxygen atoms in total. The first-order valence-electron chi connectivity index (χ1n) is 12.8. The number of para-hydroxylation sites is 1. The van der Waals surface area contributed by atoms with Crippen molar-refractivity contribution in [3.05, 3.63) is 41.4 Å². The Labute approximate surface area is 214 Å². The van der Waals surface area contributed by atoms with Crippen molar-refractivity contribution in [3.63, 3.8) is 0 Å². The van der Waals surface area contributed by atoms with Gasteiger partial charge in [-0.05, 0) is 49.9 Å². The summed E-state index contributed by atoms with van der Waals surface area (Å²) in [5.41, 5.74) is 3.91. The van der Waals surface area contributed by atoms with Crippen LogP contribution in [0.4, 0.5) is 11.5 Å². The van der Waals surface area contributed by atoms with Gasteiger partial charge in [0.2, 0.25) is 5.28 Å². The van der Waals surface area contributed by atoms with E-state index in [1.165, 1.54) is 37.7 Å². The van der Waals surface area contributed by atoms with Crippen molar-refractivity contribution in [3.8, 4) is 0 Å². The molecule has 3 aliphatic heterocycles. The van der Waals surface area contributed by atoms with Gasteiger partial charge in [-0.15, -0.1) is 0 Å². The third kappa shape index (κ3) is 3.33. The van der Waals surface area contributed by atoms with Crippen LogP contribution in [0.15, 0.2) is 30.6 Å². The molecule has 0 radical (unpaired) electrons. The molecule has 1 aliphatic carbocycles. The van der Waals surface area contributed by atoms with Crippen molar-refractivity contribution in [2.24, 2.45) is 0 Å². The minimum Gasteiger partial charge on any atom is -0.394 e. The summed E-state index contributed by atoms with van der Waals surface area (Å²) >= 11 is 6.53. The molecule has 3 fully saturated rings. The Morgan fingerprint density at radius 1 is 1.08 bits per heavy atom. The largest absolute Gasteiger partial charge is 0.394 e. The summed E-state index contributed by atoms with van der Waals surface area (Å²) in [7, 11) is 0. The van der Waals surface area contributed by atoms with Gasteiger partial charge in [0.25, 0.3) is 0 Å². The van der Waals surface area contributed by atoms with Crippen molar-refractivity contribution in [1.29, 1.82) is 0 Å². The molecule has 0 amide bonds. The first-order valence-corrected chi connectivity index (χ1v) is 13.2. The molecule has 5 heterocycles. The van der Waals surface area contributed by atoms with Gasteiger partial charge in [0.1, 0.15) is 18.3 Å². The third-order valence-electron chi connectivity index (χ3n) is 8.25. The first-order chi connectivity index (χ1) is 17.4. The second-order valence-corrected chi connectivity index (χ2v) is 11.2. The zero-order chi connectivity index (χ0) is 24.7. The maximum Gasteiger partial charge on any atom is 0.226 e. The van der Waals surface area contributed by atoms with Crippen LogP contribution in [-0.4, -0.2) is 61.9 Å². The molecule has 1 N–H and O–H groups in total. The first kappa shape index (κ1) is 22.9. The molecule has 36 heavy (non-hydrogen) atoms. The van der Waals surface area contributed by atoms with Gasteiger partial charge in [0.05, 0.1) is 12.9 Å². The molecule has 190 valence electrons. The van der Waals surface area contributed by atoms with Crippen LogP contribution in [-0.2, 0) is 19.6 Å².